The lowest BCUT2D eigenvalue weighted by atomic mass is 10.0. The number of rotatable bonds is 5. The number of pyridine rings is 1. The van der Waals surface area contributed by atoms with Crippen LogP contribution in [0.4, 0.5) is 11.6 Å². The lowest BCUT2D eigenvalue weighted by Crippen LogP contribution is -2.25. The van der Waals surface area contributed by atoms with Gasteiger partial charge in [0.2, 0.25) is 5.95 Å². The van der Waals surface area contributed by atoms with E-state index >= 15 is 0 Å². The molecule has 0 spiro atoms. The molecule has 148 valence electrons. The molecule has 2 heterocycles. The first-order valence-corrected chi connectivity index (χ1v) is 10.0. The number of benzene rings is 2. The van der Waals surface area contributed by atoms with E-state index in [-0.39, 0.29) is 5.91 Å². The molecular weight excluding hydrogens is 374 g/mol. The van der Waals surface area contributed by atoms with Gasteiger partial charge in [-0.2, -0.15) is 0 Å². The average Bonchev–Trinajstić information content (AvgIpc) is 3.58. The molecule has 1 aliphatic rings. The van der Waals surface area contributed by atoms with Gasteiger partial charge in [-0.15, -0.1) is 0 Å². The highest BCUT2D eigenvalue weighted by Gasteiger charge is 2.23. The molecule has 2 N–H and O–H groups in total. The molecule has 2 aromatic heterocycles. The van der Waals surface area contributed by atoms with Crippen LogP contribution < -0.4 is 10.6 Å². The number of aromatic nitrogens is 3. The summed E-state index contributed by atoms with van der Waals surface area (Å²) in [7, 11) is 0. The third kappa shape index (κ3) is 3.85. The highest BCUT2D eigenvalue weighted by atomic mass is 16.1. The van der Waals surface area contributed by atoms with Crippen LogP contribution in [0.1, 0.15) is 28.9 Å². The van der Waals surface area contributed by atoms with Gasteiger partial charge in [-0.25, -0.2) is 9.97 Å². The van der Waals surface area contributed by atoms with Crippen molar-refractivity contribution in [1.82, 2.24) is 20.3 Å². The Bertz CT molecular complexity index is 1230. The molecule has 1 aliphatic carbocycles. The minimum Gasteiger partial charge on any atom is -0.349 e. The van der Waals surface area contributed by atoms with Crippen LogP contribution in [0.5, 0.6) is 0 Å². The number of hydrogen-bond acceptors (Lipinski definition) is 5. The fourth-order valence-corrected chi connectivity index (χ4v) is 3.34. The normalized spacial score (nSPS) is 13.2. The van der Waals surface area contributed by atoms with Gasteiger partial charge in [0.1, 0.15) is 0 Å². The molecule has 4 aromatic rings. The molecule has 2 aromatic carbocycles. The summed E-state index contributed by atoms with van der Waals surface area (Å²) in [5.74, 6) is 0.435. The molecule has 0 aliphatic heterocycles. The fourth-order valence-electron chi connectivity index (χ4n) is 3.34. The predicted octanol–water partition coefficient (Wildman–Crippen LogP) is 4.64. The Hall–Kier alpha value is -3.80. The topological polar surface area (TPSA) is 79.8 Å². The van der Waals surface area contributed by atoms with Crippen molar-refractivity contribution in [1.29, 1.82) is 0 Å². The van der Waals surface area contributed by atoms with Gasteiger partial charge in [0.05, 0.1) is 5.52 Å². The second-order valence-corrected chi connectivity index (χ2v) is 7.58. The quantitative estimate of drug-likeness (QED) is 0.515. The largest absolute Gasteiger partial charge is 0.349 e. The lowest BCUT2D eigenvalue weighted by molar-refractivity contribution is 0.0951. The first-order valence-electron chi connectivity index (χ1n) is 10.0. The van der Waals surface area contributed by atoms with Crippen molar-refractivity contribution in [3.05, 3.63) is 78.2 Å². The van der Waals surface area contributed by atoms with E-state index in [2.05, 4.69) is 20.6 Å². The van der Waals surface area contributed by atoms with E-state index in [1.807, 2.05) is 67.7 Å². The number of carbonyl (C=O) groups is 1. The average molecular weight is 395 g/mol. The number of fused-ring (bicyclic) bond motifs is 1. The van der Waals surface area contributed by atoms with Gasteiger partial charge in [-0.05, 0) is 44.0 Å². The number of anilines is 2. The summed E-state index contributed by atoms with van der Waals surface area (Å²) in [4.78, 5) is 25.9. The summed E-state index contributed by atoms with van der Waals surface area (Å²) in [6.07, 6.45) is 5.79. The molecule has 30 heavy (non-hydrogen) atoms. The third-order valence-corrected chi connectivity index (χ3v) is 5.13. The summed E-state index contributed by atoms with van der Waals surface area (Å²) in [5, 5.41) is 7.20. The Balaban J connectivity index is 1.46. The Labute approximate surface area is 174 Å². The maximum absolute atomic E-state index is 12.3. The molecule has 0 atom stereocenters. The van der Waals surface area contributed by atoms with Crippen molar-refractivity contribution in [3.63, 3.8) is 0 Å². The van der Waals surface area contributed by atoms with Crippen molar-refractivity contribution < 1.29 is 4.79 Å². The Morgan fingerprint density at radius 2 is 1.87 bits per heavy atom. The first kappa shape index (κ1) is 18.2. The lowest BCUT2D eigenvalue weighted by Gasteiger charge is -2.10. The second kappa shape index (κ2) is 7.55. The molecule has 1 amide bonds. The smallest absolute Gasteiger partial charge is 0.251 e. The third-order valence-electron chi connectivity index (χ3n) is 5.13. The number of nitrogens with one attached hydrogen (secondary N) is 2. The van der Waals surface area contributed by atoms with Crippen molar-refractivity contribution in [3.8, 4) is 11.1 Å². The van der Waals surface area contributed by atoms with E-state index in [0.717, 1.165) is 46.3 Å². The molecule has 6 heteroatoms. The van der Waals surface area contributed by atoms with Gasteiger partial charge in [-0.1, -0.05) is 30.3 Å². The van der Waals surface area contributed by atoms with Crippen molar-refractivity contribution >= 4 is 28.4 Å². The van der Waals surface area contributed by atoms with Gasteiger partial charge in [0, 0.05) is 51.9 Å². The minimum atomic E-state index is -0.0465. The SMILES string of the molecule is Cc1ccc(-c2cccc3cnc(Nc4cccc(C(=O)NC5CC5)c4)nc23)cn1. The highest BCUT2D eigenvalue weighted by Crippen LogP contribution is 2.28. The summed E-state index contributed by atoms with van der Waals surface area (Å²) < 4.78 is 0. The van der Waals surface area contributed by atoms with Crippen molar-refractivity contribution in [2.75, 3.05) is 5.32 Å². The number of nitrogens with zero attached hydrogens (tertiary/aromatic N) is 3. The van der Waals surface area contributed by atoms with Crippen molar-refractivity contribution in [2.45, 2.75) is 25.8 Å². The van der Waals surface area contributed by atoms with Gasteiger partial charge in [0.25, 0.3) is 5.91 Å². The number of para-hydroxylation sites is 1. The zero-order valence-corrected chi connectivity index (χ0v) is 16.6. The summed E-state index contributed by atoms with van der Waals surface area (Å²) in [6, 6.07) is 17.8. The molecule has 1 fully saturated rings. The Morgan fingerprint density at radius 1 is 1.00 bits per heavy atom. The molecule has 0 saturated heterocycles. The zero-order valence-electron chi connectivity index (χ0n) is 16.6. The van der Waals surface area contributed by atoms with Gasteiger partial charge in [0.15, 0.2) is 0 Å². The van der Waals surface area contributed by atoms with Crippen LogP contribution in [-0.4, -0.2) is 26.9 Å². The van der Waals surface area contributed by atoms with Gasteiger partial charge >= 0.3 is 0 Å². The van der Waals surface area contributed by atoms with E-state index in [1.54, 1.807) is 6.20 Å². The zero-order chi connectivity index (χ0) is 20.5. The molecule has 0 radical (unpaired) electrons. The van der Waals surface area contributed by atoms with Crippen LogP contribution in [0.2, 0.25) is 0 Å². The van der Waals surface area contributed by atoms with E-state index in [4.69, 9.17) is 4.98 Å². The van der Waals surface area contributed by atoms with Crippen LogP contribution in [0, 0.1) is 6.92 Å². The fraction of sp³-hybridized carbons (Fsp3) is 0.167. The molecule has 5 rings (SSSR count). The van der Waals surface area contributed by atoms with Crippen LogP contribution in [0.3, 0.4) is 0 Å². The minimum absolute atomic E-state index is 0.0465. The summed E-state index contributed by atoms with van der Waals surface area (Å²) in [5.41, 5.74) is 5.23. The monoisotopic (exact) mass is 395 g/mol. The van der Waals surface area contributed by atoms with E-state index < -0.39 is 0 Å². The summed E-state index contributed by atoms with van der Waals surface area (Å²) >= 11 is 0. The maximum Gasteiger partial charge on any atom is 0.251 e. The standard InChI is InChI=1S/C24H21N5O/c1-15-8-9-17(13-25-15)21-7-3-5-18-14-26-24(29-22(18)21)28-20-6-2-4-16(12-20)23(30)27-19-10-11-19/h2-9,12-14,19H,10-11H2,1H3,(H,27,30)(H,26,28,29). The summed E-state index contributed by atoms with van der Waals surface area (Å²) in [6.45, 7) is 1.97. The van der Waals surface area contributed by atoms with Gasteiger partial charge in [-0.3, -0.25) is 9.78 Å². The Kier molecular flexibility index (Phi) is 4.59. The first-order chi connectivity index (χ1) is 14.7. The molecule has 1 saturated carbocycles. The number of hydrogen-bond donors (Lipinski definition) is 2. The highest BCUT2D eigenvalue weighted by molar-refractivity contribution is 5.96. The van der Waals surface area contributed by atoms with E-state index in [0.29, 0.717) is 17.6 Å². The number of carbonyl (C=O) groups excluding carboxylic acids is 1. The van der Waals surface area contributed by atoms with E-state index in [1.165, 1.54) is 0 Å². The van der Waals surface area contributed by atoms with Crippen LogP contribution >= 0.6 is 0 Å². The van der Waals surface area contributed by atoms with Crippen LogP contribution in [0.25, 0.3) is 22.0 Å². The molecule has 0 bridgehead atoms. The van der Waals surface area contributed by atoms with E-state index in [9.17, 15) is 4.79 Å². The molecular formula is C24H21N5O. The number of amides is 1. The van der Waals surface area contributed by atoms with Gasteiger partial charge < -0.3 is 10.6 Å². The molecule has 0 unspecified atom stereocenters. The number of aryl methyl sites for hydroxylation is 1. The Morgan fingerprint density at radius 3 is 2.67 bits per heavy atom. The maximum atomic E-state index is 12.3. The van der Waals surface area contributed by atoms with Crippen LogP contribution in [-0.2, 0) is 0 Å². The van der Waals surface area contributed by atoms with Crippen LogP contribution in [0.15, 0.2) is 67.0 Å². The molecule has 6 nitrogen and oxygen atoms in total. The second-order valence-electron chi connectivity index (χ2n) is 7.58. The predicted molar refractivity (Wildman–Crippen MR) is 118 cm³/mol. The van der Waals surface area contributed by atoms with Crippen molar-refractivity contribution in [2.24, 2.45) is 0 Å².